The molecule has 136 valence electrons. The largest absolute Gasteiger partial charge is 0.490 e. The van der Waals surface area contributed by atoms with Gasteiger partial charge >= 0.3 is 6.03 Å². The van der Waals surface area contributed by atoms with E-state index in [9.17, 15) is 14.7 Å². The molecule has 1 aliphatic carbocycles. The molecule has 2 aliphatic rings. The molecule has 1 aliphatic heterocycles. The Bertz CT molecular complexity index is 714. The van der Waals surface area contributed by atoms with Gasteiger partial charge in [-0.15, -0.1) is 0 Å². The molecule has 0 spiro atoms. The topological polar surface area (TPSA) is 78.9 Å². The molecule has 6 nitrogen and oxygen atoms in total. The predicted octanol–water partition coefficient (Wildman–Crippen LogP) is 2.07. The van der Waals surface area contributed by atoms with Crippen LogP contribution in [0.4, 0.5) is 4.79 Å². The van der Waals surface area contributed by atoms with Gasteiger partial charge in [-0.2, -0.15) is 0 Å². The van der Waals surface area contributed by atoms with Crippen molar-refractivity contribution >= 4 is 11.9 Å². The van der Waals surface area contributed by atoms with Gasteiger partial charge in [0.25, 0.3) is 5.91 Å². The number of aliphatic hydroxyl groups is 1. The van der Waals surface area contributed by atoms with Crippen LogP contribution in [0.15, 0.2) is 12.1 Å². The molecule has 3 amide bonds. The third-order valence-electron chi connectivity index (χ3n) is 5.38. The minimum atomic E-state index is -0.935. The number of nitrogens with one attached hydrogen (secondary N) is 1. The van der Waals surface area contributed by atoms with Gasteiger partial charge in [0.1, 0.15) is 24.0 Å². The highest BCUT2D eigenvalue weighted by atomic mass is 16.5. The number of carbonyl (C=O) groups excluding carboxylic acids is 2. The number of urea groups is 1. The number of aliphatic hydroxyl groups excluding tert-OH is 1. The molecule has 1 saturated heterocycles. The molecule has 25 heavy (non-hydrogen) atoms. The summed E-state index contributed by atoms with van der Waals surface area (Å²) in [5.74, 6) is 0.709. The maximum absolute atomic E-state index is 12.6. The molecule has 3 rings (SSSR count). The summed E-state index contributed by atoms with van der Waals surface area (Å²) in [5, 5.41) is 13.1. The van der Waals surface area contributed by atoms with Crippen molar-refractivity contribution < 1.29 is 19.4 Å². The van der Waals surface area contributed by atoms with Crippen LogP contribution in [0.25, 0.3) is 0 Å². The summed E-state index contributed by atoms with van der Waals surface area (Å²) < 4.78 is 5.78. The number of rotatable bonds is 6. The van der Waals surface area contributed by atoms with Crippen LogP contribution < -0.4 is 10.1 Å². The highest BCUT2D eigenvalue weighted by Crippen LogP contribution is 2.42. The Balaban J connectivity index is 1.62. The van der Waals surface area contributed by atoms with Crippen LogP contribution >= 0.6 is 0 Å². The number of β-amino-alcohol motifs (C(OH)–C–C–N with tert-alkyl or cyclic N) is 1. The number of hydrogen-bond acceptors (Lipinski definition) is 4. The van der Waals surface area contributed by atoms with E-state index in [1.54, 1.807) is 6.92 Å². The Morgan fingerprint density at radius 3 is 2.56 bits per heavy atom. The highest BCUT2D eigenvalue weighted by molar-refractivity contribution is 6.07. The predicted molar refractivity (Wildman–Crippen MR) is 93.5 cm³/mol. The molecule has 1 aromatic rings. The zero-order valence-electron chi connectivity index (χ0n) is 15.3. The number of hydrogen-bond donors (Lipinski definition) is 2. The standard InChI is InChI=1S/C19H26N2O4/c1-11-5-6-12(2)16(13(11)3)25-10-15(22)9-21-17(23)19(4,14-7-8-14)20-18(21)24/h5-6,14-15,22H,7-10H2,1-4H3,(H,20,24)/t15-,19-/m0/s1. The maximum atomic E-state index is 12.6. The number of benzene rings is 1. The second kappa shape index (κ2) is 6.33. The molecule has 2 N–H and O–H groups in total. The monoisotopic (exact) mass is 346 g/mol. The van der Waals surface area contributed by atoms with E-state index in [-0.39, 0.29) is 25.0 Å². The first-order valence-corrected chi connectivity index (χ1v) is 8.76. The first kappa shape index (κ1) is 17.7. The first-order valence-electron chi connectivity index (χ1n) is 8.76. The molecule has 6 heteroatoms. The van der Waals surface area contributed by atoms with Crippen molar-refractivity contribution in [1.82, 2.24) is 10.2 Å². The fourth-order valence-corrected chi connectivity index (χ4v) is 3.41. The molecule has 1 saturated carbocycles. The highest BCUT2D eigenvalue weighted by Gasteiger charge is 2.56. The lowest BCUT2D eigenvalue weighted by Gasteiger charge is -2.22. The quantitative estimate of drug-likeness (QED) is 0.773. The minimum absolute atomic E-state index is 0.0301. The Morgan fingerprint density at radius 1 is 1.28 bits per heavy atom. The van der Waals surface area contributed by atoms with Gasteiger partial charge in [-0.3, -0.25) is 9.69 Å². The SMILES string of the molecule is Cc1ccc(C)c(OC[C@@H](O)CN2C(=O)N[C@@](C)(C3CC3)C2=O)c1C. The van der Waals surface area contributed by atoms with E-state index in [0.29, 0.717) is 0 Å². The van der Waals surface area contributed by atoms with Crippen molar-refractivity contribution in [3.63, 3.8) is 0 Å². The van der Waals surface area contributed by atoms with Crippen LogP contribution in [0.2, 0.25) is 0 Å². The summed E-state index contributed by atoms with van der Waals surface area (Å²) >= 11 is 0. The van der Waals surface area contributed by atoms with Crippen LogP contribution in [-0.4, -0.2) is 46.7 Å². The van der Waals surface area contributed by atoms with Crippen LogP contribution in [0.5, 0.6) is 5.75 Å². The molecule has 2 atom stereocenters. The molecule has 0 bridgehead atoms. The van der Waals surface area contributed by atoms with Gasteiger partial charge in [-0.1, -0.05) is 12.1 Å². The Morgan fingerprint density at radius 2 is 1.92 bits per heavy atom. The summed E-state index contributed by atoms with van der Waals surface area (Å²) in [6.07, 6.45) is 0.970. The first-order chi connectivity index (χ1) is 11.7. The number of amides is 3. The number of ether oxygens (including phenoxy) is 1. The van der Waals surface area contributed by atoms with Gasteiger partial charge in [0.2, 0.25) is 0 Å². The van der Waals surface area contributed by atoms with Crippen molar-refractivity contribution in [3.05, 3.63) is 28.8 Å². The van der Waals surface area contributed by atoms with Crippen LogP contribution in [0.3, 0.4) is 0 Å². The zero-order valence-corrected chi connectivity index (χ0v) is 15.3. The molecule has 0 unspecified atom stereocenters. The summed E-state index contributed by atoms with van der Waals surface area (Å²) in [6.45, 7) is 7.67. The van der Waals surface area contributed by atoms with Crippen molar-refractivity contribution in [3.8, 4) is 5.75 Å². The molecule has 0 aromatic heterocycles. The van der Waals surface area contributed by atoms with Crippen LogP contribution in [0, 0.1) is 26.7 Å². The Labute approximate surface area is 148 Å². The van der Waals surface area contributed by atoms with Gasteiger partial charge in [0.05, 0.1) is 6.54 Å². The van der Waals surface area contributed by atoms with Crippen LogP contribution in [-0.2, 0) is 4.79 Å². The van der Waals surface area contributed by atoms with Gasteiger partial charge in [-0.25, -0.2) is 4.79 Å². The molecule has 2 fully saturated rings. The van der Waals surface area contributed by atoms with E-state index < -0.39 is 17.7 Å². The van der Waals surface area contributed by atoms with Crippen LogP contribution in [0.1, 0.15) is 36.5 Å². The minimum Gasteiger partial charge on any atom is -0.490 e. The van der Waals surface area contributed by atoms with E-state index >= 15 is 0 Å². The Hall–Kier alpha value is -2.08. The van der Waals surface area contributed by atoms with Gasteiger partial charge < -0.3 is 15.2 Å². The smallest absolute Gasteiger partial charge is 0.325 e. The lowest BCUT2D eigenvalue weighted by atomic mass is 9.96. The third kappa shape index (κ3) is 3.23. The normalized spacial score (nSPS) is 24.4. The molecular formula is C19H26N2O4. The van der Waals surface area contributed by atoms with Crippen molar-refractivity contribution in [2.75, 3.05) is 13.2 Å². The van der Waals surface area contributed by atoms with Gasteiger partial charge in [-0.05, 0) is 63.1 Å². The number of aryl methyl sites for hydroxylation is 2. The molecule has 1 heterocycles. The fraction of sp³-hybridized carbons (Fsp3) is 0.579. The second-order valence-corrected chi connectivity index (χ2v) is 7.44. The van der Waals surface area contributed by atoms with Crippen molar-refractivity contribution in [2.45, 2.75) is 52.2 Å². The summed E-state index contributed by atoms with van der Waals surface area (Å²) in [6, 6.07) is 3.57. The van der Waals surface area contributed by atoms with Crippen molar-refractivity contribution in [1.29, 1.82) is 0 Å². The zero-order chi connectivity index (χ0) is 18.4. The van der Waals surface area contributed by atoms with E-state index in [2.05, 4.69) is 5.32 Å². The maximum Gasteiger partial charge on any atom is 0.325 e. The lowest BCUT2D eigenvalue weighted by molar-refractivity contribution is -0.132. The third-order valence-corrected chi connectivity index (χ3v) is 5.38. The summed E-state index contributed by atoms with van der Waals surface area (Å²) in [7, 11) is 0. The lowest BCUT2D eigenvalue weighted by Crippen LogP contribution is -2.46. The summed E-state index contributed by atoms with van der Waals surface area (Å²) in [5.41, 5.74) is 2.32. The molecular weight excluding hydrogens is 320 g/mol. The van der Waals surface area contributed by atoms with E-state index in [1.807, 2.05) is 32.9 Å². The van der Waals surface area contributed by atoms with E-state index in [1.165, 1.54) is 0 Å². The number of carbonyl (C=O) groups is 2. The fourth-order valence-electron chi connectivity index (χ4n) is 3.41. The number of nitrogens with zero attached hydrogens (tertiary/aromatic N) is 1. The summed E-state index contributed by atoms with van der Waals surface area (Å²) in [4.78, 5) is 25.8. The number of imide groups is 1. The average Bonchev–Trinajstić information content (AvgIpc) is 3.37. The van der Waals surface area contributed by atoms with Gasteiger partial charge in [0.15, 0.2) is 0 Å². The van der Waals surface area contributed by atoms with E-state index in [4.69, 9.17) is 4.74 Å². The van der Waals surface area contributed by atoms with Crippen molar-refractivity contribution in [2.24, 2.45) is 5.92 Å². The second-order valence-electron chi connectivity index (χ2n) is 7.44. The average molecular weight is 346 g/mol. The molecule has 1 aromatic carbocycles. The van der Waals surface area contributed by atoms with Gasteiger partial charge in [0, 0.05) is 0 Å². The Kier molecular flexibility index (Phi) is 4.49. The molecule has 0 radical (unpaired) electrons. The van der Waals surface area contributed by atoms with E-state index in [0.717, 1.165) is 40.2 Å².